The summed E-state index contributed by atoms with van der Waals surface area (Å²) in [5.74, 6) is -1.38. The maximum Gasteiger partial charge on any atom is 0.335 e. The van der Waals surface area contributed by atoms with E-state index in [0.29, 0.717) is 64.2 Å². The lowest BCUT2D eigenvalue weighted by Crippen LogP contribution is -2.20. The van der Waals surface area contributed by atoms with Gasteiger partial charge in [0.05, 0.1) is 65.9 Å². The fraction of sp³-hybridized carbons (Fsp3) is 0.706. The minimum Gasteiger partial charge on any atom is -0.492 e. The van der Waals surface area contributed by atoms with E-state index in [4.69, 9.17) is 28.5 Å². The van der Waals surface area contributed by atoms with Gasteiger partial charge in [-0.2, -0.15) is 0 Å². The molecule has 27 heavy (non-hydrogen) atoms. The van der Waals surface area contributed by atoms with E-state index in [-0.39, 0.29) is 24.8 Å². The van der Waals surface area contributed by atoms with Crippen molar-refractivity contribution in [3.8, 4) is 11.8 Å². The standard InChI is InChI=1S/C17H29NO9/c1-2-22-7-8-24-11-12-26-14-13-25-10-9-23-6-5-17(21)27-18-15(19)3-4-16(18)20/h3-4,19-20H,2,5-14H2,1H3. The molecular weight excluding hydrogens is 362 g/mol. The number of carbonyl (C=O) groups excluding carboxylic acids is 1. The van der Waals surface area contributed by atoms with Crippen molar-refractivity contribution in [3.05, 3.63) is 12.1 Å². The highest BCUT2D eigenvalue weighted by atomic mass is 16.7. The number of rotatable bonds is 17. The average molecular weight is 391 g/mol. The predicted octanol–water partition coefficient (Wildman–Crippen LogP) is 0.348. The van der Waals surface area contributed by atoms with Gasteiger partial charge in [-0.25, -0.2) is 4.79 Å². The normalized spacial score (nSPS) is 11.0. The van der Waals surface area contributed by atoms with E-state index in [0.717, 1.165) is 0 Å². The molecule has 10 nitrogen and oxygen atoms in total. The van der Waals surface area contributed by atoms with Gasteiger partial charge in [-0.15, -0.1) is 4.73 Å². The van der Waals surface area contributed by atoms with Crippen LogP contribution in [0.3, 0.4) is 0 Å². The molecule has 1 aromatic heterocycles. The van der Waals surface area contributed by atoms with Crippen LogP contribution in [0, 0.1) is 0 Å². The van der Waals surface area contributed by atoms with Gasteiger partial charge in [0.2, 0.25) is 11.8 Å². The van der Waals surface area contributed by atoms with E-state index in [2.05, 4.69) is 0 Å². The molecule has 1 rings (SSSR count). The molecule has 0 aromatic carbocycles. The quantitative estimate of drug-likeness (QED) is 0.363. The number of carbonyl (C=O) groups is 1. The van der Waals surface area contributed by atoms with Gasteiger partial charge in [0.25, 0.3) is 0 Å². The summed E-state index contributed by atoms with van der Waals surface area (Å²) < 4.78 is 27.0. The Balaban J connectivity index is 1.83. The molecule has 0 amide bonds. The Labute approximate surface area is 158 Å². The van der Waals surface area contributed by atoms with Crippen LogP contribution < -0.4 is 4.84 Å². The number of aromatic nitrogens is 1. The molecule has 10 heteroatoms. The molecular formula is C17H29NO9. The minimum atomic E-state index is -0.644. The Hall–Kier alpha value is -1.85. The Morgan fingerprint density at radius 2 is 1.19 bits per heavy atom. The maximum atomic E-state index is 11.5. The van der Waals surface area contributed by atoms with Gasteiger partial charge in [0.15, 0.2) is 0 Å². The van der Waals surface area contributed by atoms with E-state index in [1.807, 2.05) is 6.92 Å². The first-order chi connectivity index (χ1) is 13.1. The number of hydrogen-bond acceptors (Lipinski definition) is 9. The molecule has 2 N–H and O–H groups in total. The third-order valence-electron chi connectivity index (χ3n) is 3.13. The van der Waals surface area contributed by atoms with Crippen LogP contribution in [0.5, 0.6) is 11.8 Å². The van der Waals surface area contributed by atoms with Crippen molar-refractivity contribution in [1.29, 1.82) is 0 Å². The van der Waals surface area contributed by atoms with E-state index < -0.39 is 5.97 Å². The molecule has 1 aromatic rings. The zero-order chi connectivity index (χ0) is 19.7. The van der Waals surface area contributed by atoms with E-state index >= 15 is 0 Å². The predicted molar refractivity (Wildman–Crippen MR) is 93.7 cm³/mol. The fourth-order valence-electron chi connectivity index (χ4n) is 1.82. The van der Waals surface area contributed by atoms with Crippen LogP contribution in [0.4, 0.5) is 0 Å². The topological polar surface area (TPSA) is 118 Å². The van der Waals surface area contributed by atoms with Gasteiger partial charge >= 0.3 is 5.97 Å². The molecule has 0 fully saturated rings. The first kappa shape index (κ1) is 23.2. The van der Waals surface area contributed by atoms with E-state index in [1.165, 1.54) is 12.1 Å². The summed E-state index contributed by atoms with van der Waals surface area (Å²) in [5.41, 5.74) is 0. The van der Waals surface area contributed by atoms with Crippen LogP contribution in [-0.4, -0.2) is 87.0 Å². The van der Waals surface area contributed by atoms with Crippen LogP contribution in [-0.2, 0) is 28.5 Å². The zero-order valence-corrected chi connectivity index (χ0v) is 15.6. The Morgan fingerprint density at radius 1 is 0.778 bits per heavy atom. The van der Waals surface area contributed by atoms with Gasteiger partial charge < -0.3 is 38.7 Å². The molecule has 156 valence electrons. The van der Waals surface area contributed by atoms with Crippen LogP contribution in [0.1, 0.15) is 13.3 Å². The van der Waals surface area contributed by atoms with Crippen molar-refractivity contribution in [2.75, 3.05) is 66.1 Å². The van der Waals surface area contributed by atoms with Crippen LogP contribution >= 0.6 is 0 Å². The third-order valence-corrected chi connectivity index (χ3v) is 3.13. The molecule has 0 bridgehead atoms. The molecule has 1 heterocycles. The SMILES string of the molecule is CCOCCOCCOCCOCCOCCC(=O)On1c(O)ccc1O. The van der Waals surface area contributed by atoms with Gasteiger partial charge in [-0.05, 0) is 6.92 Å². The molecule has 0 aliphatic rings. The second kappa shape index (κ2) is 15.2. The van der Waals surface area contributed by atoms with Crippen molar-refractivity contribution < 1.29 is 43.5 Å². The van der Waals surface area contributed by atoms with Gasteiger partial charge in [-0.1, -0.05) is 0 Å². The first-order valence-corrected chi connectivity index (χ1v) is 8.84. The maximum absolute atomic E-state index is 11.5. The summed E-state index contributed by atoms with van der Waals surface area (Å²) in [6.07, 6.45) is -0.0243. The molecule has 0 saturated heterocycles. The molecule has 0 unspecified atom stereocenters. The highest BCUT2D eigenvalue weighted by Gasteiger charge is 2.11. The summed E-state index contributed by atoms with van der Waals surface area (Å²) in [4.78, 5) is 16.3. The lowest BCUT2D eigenvalue weighted by atomic mass is 10.5. The number of nitrogens with zero attached hydrogens (tertiary/aromatic N) is 1. The first-order valence-electron chi connectivity index (χ1n) is 8.84. The number of hydrogen-bond donors (Lipinski definition) is 2. The molecule has 0 aliphatic carbocycles. The Kier molecular flexibility index (Phi) is 13.1. The summed E-state index contributed by atoms with van der Waals surface area (Å²) in [6, 6.07) is 2.41. The molecule has 0 spiro atoms. The van der Waals surface area contributed by atoms with Crippen LogP contribution in [0.25, 0.3) is 0 Å². The summed E-state index contributed by atoms with van der Waals surface area (Å²) in [6.45, 7) is 6.55. The lowest BCUT2D eigenvalue weighted by Gasteiger charge is -2.08. The number of ether oxygens (including phenoxy) is 5. The molecule has 0 atom stereocenters. The van der Waals surface area contributed by atoms with Gasteiger partial charge in [0, 0.05) is 18.7 Å². The third kappa shape index (κ3) is 11.5. The Morgan fingerprint density at radius 3 is 1.63 bits per heavy atom. The smallest absolute Gasteiger partial charge is 0.335 e. The highest BCUT2D eigenvalue weighted by Crippen LogP contribution is 2.18. The van der Waals surface area contributed by atoms with Crippen molar-refractivity contribution in [3.63, 3.8) is 0 Å². The van der Waals surface area contributed by atoms with E-state index in [9.17, 15) is 15.0 Å². The van der Waals surface area contributed by atoms with Crippen LogP contribution in [0.2, 0.25) is 0 Å². The van der Waals surface area contributed by atoms with E-state index in [1.54, 1.807) is 0 Å². The monoisotopic (exact) mass is 391 g/mol. The van der Waals surface area contributed by atoms with Crippen LogP contribution in [0.15, 0.2) is 12.1 Å². The summed E-state index contributed by atoms with van der Waals surface area (Å²) >= 11 is 0. The second-order valence-electron chi connectivity index (χ2n) is 5.20. The largest absolute Gasteiger partial charge is 0.492 e. The molecule has 0 saturated carbocycles. The zero-order valence-electron chi connectivity index (χ0n) is 15.6. The summed E-state index contributed by atoms with van der Waals surface area (Å²) in [7, 11) is 0. The van der Waals surface area contributed by atoms with Crippen molar-refractivity contribution in [1.82, 2.24) is 4.73 Å². The van der Waals surface area contributed by atoms with Crippen molar-refractivity contribution >= 4 is 5.97 Å². The number of aromatic hydroxyl groups is 2. The van der Waals surface area contributed by atoms with Gasteiger partial charge in [0.1, 0.15) is 0 Å². The molecule has 0 radical (unpaired) electrons. The molecule has 0 aliphatic heterocycles. The highest BCUT2D eigenvalue weighted by molar-refractivity contribution is 5.70. The minimum absolute atomic E-state index is 0.0243. The fourth-order valence-corrected chi connectivity index (χ4v) is 1.82. The average Bonchev–Trinajstić information content (AvgIpc) is 2.97. The lowest BCUT2D eigenvalue weighted by molar-refractivity contribution is -0.146. The van der Waals surface area contributed by atoms with Gasteiger partial charge in [-0.3, -0.25) is 0 Å². The van der Waals surface area contributed by atoms with Crippen molar-refractivity contribution in [2.45, 2.75) is 13.3 Å². The summed E-state index contributed by atoms with van der Waals surface area (Å²) in [5, 5.41) is 18.7. The van der Waals surface area contributed by atoms with Crippen molar-refractivity contribution in [2.24, 2.45) is 0 Å². The second-order valence-corrected chi connectivity index (χ2v) is 5.20. The Bertz CT molecular complexity index is 487.